The summed E-state index contributed by atoms with van der Waals surface area (Å²) in [7, 11) is -1.62. The third kappa shape index (κ3) is 4.60. The third-order valence-electron chi connectivity index (χ3n) is 5.12. The minimum Gasteiger partial charge on any atom is -0.346 e. The molecule has 1 N–H and O–H groups in total. The molecule has 2 aromatic carbocycles. The summed E-state index contributed by atoms with van der Waals surface area (Å²) in [4.78, 5) is 14.9. The van der Waals surface area contributed by atoms with Crippen LogP contribution >= 0.6 is 0 Å². The second kappa shape index (κ2) is 8.43. The number of piperazine rings is 1. The van der Waals surface area contributed by atoms with Gasteiger partial charge in [0.2, 0.25) is 10.0 Å². The highest BCUT2D eigenvalue weighted by Gasteiger charge is 2.28. The predicted octanol–water partition coefficient (Wildman–Crippen LogP) is 2.42. The standard InChI is InChI=1S/C21H27N3O3S/c1-16-7-9-18(10-8-16)17(2)22-21(25)19-5-4-6-20(15-19)28(26,27)24-13-11-23(3)12-14-24/h4-10,15,17H,11-14H2,1-3H3,(H,22,25)/t17-/m1/s1. The summed E-state index contributed by atoms with van der Waals surface area (Å²) in [5.41, 5.74) is 2.50. The first-order chi connectivity index (χ1) is 13.3. The average Bonchev–Trinajstić information content (AvgIpc) is 2.69. The zero-order valence-electron chi connectivity index (χ0n) is 16.6. The molecule has 7 heteroatoms. The van der Waals surface area contributed by atoms with Gasteiger partial charge in [-0.3, -0.25) is 4.79 Å². The van der Waals surface area contributed by atoms with Crippen molar-refractivity contribution in [3.63, 3.8) is 0 Å². The number of carbonyl (C=O) groups is 1. The van der Waals surface area contributed by atoms with E-state index in [1.807, 2.05) is 45.2 Å². The maximum atomic E-state index is 12.9. The van der Waals surface area contributed by atoms with Gasteiger partial charge in [-0.15, -0.1) is 0 Å². The van der Waals surface area contributed by atoms with E-state index in [2.05, 4.69) is 10.2 Å². The van der Waals surface area contributed by atoms with Crippen molar-refractivity contribution in [3.05, 3.63) is 65.2 Å². The van der Waals surface area contributed by atoms with Gasteiger partial charge < -0.3 is 10.2 Å². The molecule has 1 saturated heterocycles. The zero-order valence-corrected chi connectivity index (χ0v) is 17.4. The van der Waals surface area contributed by atoms with Gasteiger partial charge in [0.05, 0.1) is 10.9 Å². The maximum Gasteiger partial charge on any atom is 0.251 e. The molecule has 28 heavy (non-hydrogen) atoms. The smallest absolute Gasteiger partial charge is 0.251 e. The molecule has 0 bridgehead atoms. The number of aryl methyl sites for hydroxylation is 1. The summed E-state index contributed by atoms with van der Waals surface area (Å²) in [6.45, 7) is 6.24. The van der Waals surface area contributed by atoms with E-state index in [0.29, 0.717) is 31.7 Å². The van der Waals surface area contributed by atoms with E-state index in [1.54, 1.807) is 18.2 Å². The Morgan fingerprint density at radius 3 is 2.32 bits per heavy atom. The monoisotopic (exact) mass is 401 g/mol. The quantitative estimate of drug-likeness (QED) is 0.835. The number of nitrogens with one attached hydrogen (secondary N) is 1. The topological polar surface area (TPSA) is 69.7 Å². The number of sulfonamides is 1. The molecule has 150 valence electrons. The Bertz CT molecular complexity index is 934. The molecule has 6 nitrogen and oxygen atoms in total. The minimum atomic E-state index is -3.60. The molecule has 0 unspecified atom stereocenters. The number of hydrogen-bond donors (Lipinski definition) is 1. The Hall–Kier alpha value is -2.22. The molecule has 3 rings (SSSR count). The molecule has 0 aromatic heterocycles. The Kier molecular flexibility index (Phi) is 6.17. The summed E-state index contributed by atoms with van der Waals surface area (Å²) in [5, 5.41) is 2.94. The fraction of sp³-hybridized carbons (Fsp3) is 0.381. The molecule has 1 heterocycles. The number of nitrogens with zero attached hydrogens (tertiary/aromatic N) is 2. The number of hydrogen-bond acceptors (Lipinski definition) is 4. The zero-order chi connectivity index (χ0) is 20.3. The molecule has 1 aliphatic heterocycles. The first-order valence-electron chi connectivity index (χ1n) is 9.43. The summed E-state index contributed by atoms with van der Waals surface area (Å²) in [6, 6.07) is 14.1. The van der Waals surface area contributed by atoms with Crippen molar-refractivity contribution in [3.8, 4) is 0 Å². The second-order valence-electron chi connectivity index (χ2n) is 7.34. The second-order valence-corrected chi connectivity index (χ2v) is 9.28. The molecular formula is C21H27N3O3S. The highest BCUT2D eigenvalue weighted by molar-refractivity contribution is 7.89. The maximum absolute atomic E-state index is 12.9. The lowest BCUT2D eigenvalue weighted by Gasteiger charge is -2.31. The Labute approximate surface area is 167 Å². The van der Waals surface area contributed by atoms with Crippen molar-refractivity contribution in [1.29, 1.82) is 0 Å². The molecular weight excluding hydrogens is 374 g/mol. The first-order valence-corrected chi connectivity index (χ1v) is 10.9. The highest BCUT2D eigenvalue weighted by atomic mass is 32.2. The molecule has 0 spiro atoms. The van der Waals surface area contributed by atoms with Crippen LogP contribution in [0.1, 0.15) is 34.5 Å². The number of benzene rings is 2. The molecule has 0 radical (unpaired) electrons. The van der Waals surface area contributed by atoms with Crippen molar-refractivity contribution in [2.24, 2.45) is 0 Å². The van der Waals surface area contributed by atoms with E-state index in [-0.39, 0.29) is 16.8 Å². The fourth-order valence-electron chi connectivity index (χ4n) is 3.19. The molecule has 0 saturated carbocycles. The van der Waals surface area contributed by atoms with Crippen LogP contribution in [0.5, 0.6) is 0 Å². The molecule has 1 atom stereocenters. The van der Waals surface area contributed by atoms with Crippen molar-refractivity contribution < 1.29 is 13.2 Å². The number of rotatable bonds is 5. The van der Waals surface area contributed by atoms with E-state index < -0.39 is 10.0 Å². The molecule has 1 amide bonds. The van der Waals surface area contributed by atoms with E-state index in [4.69, 9.17) is 0 Å². The molecule has 1 aliphatic rings. The van der Waals surface area contributed by atoms with Crippen LogP contribution in [0.15, 0.2) is 53.4 Å². The lowest BCUT2D eigenvalue weighted by Crippen LogP contribution is -2.47. The van der Waals surface area contributed by atoms with Gasteiger partial charge >= 0.3 is 0 Å². The molecule has 2 aromatic rings. The number of amides is 1. The van der Waals surface area contributed by atoms with Gasteiger partial charge in [-0.05, 0) is 44.7 Å². The number of carbonyl (C=O) groups excluding carboxylic acids is 1. The van der Waals surface area contributed by atoms with Crippen LogP contribution in [0.2, 0.25) is 0 Å². The van der Waals surface area contributed by atoms with Crippen LogP contribution in [-0.2, 0) is 10.0 Å². The molecule has 1 fully saturated rings. The van der Waals surface area contributed by atoms with E-state index in [9.17, 15) is 13.2 Å². The Morgan fingerprint density at radius 1 is 1.04 bits per heavy atom. The lowest BCUT2D eigenvalue weighted by atomic mass is 10.1. The lowest BCUT2D eigenvalue weighted by molar-refractivity contribution is 0.0939. The highest BCUT2D eigenvalue weighted by Crippen LogP contribution is 2.20. The van der Waals surface area contributed by atoms with Crippen LogP contribution < -0.4 is 5.32 Å². The van der Waals surface area contributed by atoms with Gasteiger partial charge in [0.15, 0.2) is 0 Å². The summed E-state index contributed by atoms with van der Waals surface area (Å²) in [6.07, 6.45) is 0. The fourth-order valence-corrected chi connectivity index (χ4v) is 4.66. The van der Waals surface area contributed by atoms with Crippen LogP contribution in [0.25, 0.3) is 0 Å². The van der Waals surface area contributed by atoms with Gasteiger partial charge in [0, 0.05) is 31.7 Å². The van der Waals surface area contributed by atoms with Crippen molar-refractivity contribution in [2.75, 3.05) is 33.2 Å². The van der Waals surface area contributed by atoms with Crippen LogP contribution in [0.4, 0.5) is 0 Å². The van der Waals surface area contributed by atoms with Crippen LogP contribution in [-0.4, -0.2) is 56.8 Å². The normalized spacial score (nSPS) is 17.2. The summed E-state index contributed by atoms with van der Waals surface area (Å²) >= 11 is 0. The van der Waals surface area contributed by atoms with E-state index >= 15 is 0 Å². The van der Waals surface area contributed by atoms with Crippen LogP contribution in [0, 0.1) is 6.92 Å². The number of likely N-dealkylation sites (N-methyl/N-ethyl adjacent to an activating group) is 1. The van der Waals surface area contributed by atoms with E-state index in [0.717, 1.165) is 11.1 Å². The van der Waals surface area contributed by atoms with Crippen molar-refractivity contribution in [1.82, 2.24) is 14.5 Å². The summed E-state index contributed by atoms with van der Waals surface area (Å²) in [5.74, 6) is -0.288. The van der Waals surface area contributed by atoms with Gasteiger partial charge in [0.25, 0.3) is 5.91 Å². The predicted molar refractivity (Wildman–Crippen MR) is 110 cm³/mol. The summed E-state index contributed by atoms with van der Waals surface area (Å²) < 4.78 is 27.3. The van der Waals surface area contributed by atoms with Crippen molar-refractivity contribution >= 4 is 15.9 Å². The SMILES string of the molecule is Cc1ccc([C@@H](C)NC(=O)c2cccc(S(=O)(=O)N3CCN(C)CC3)c2)cc1. The van der Waals surface area contributed by atoms with Gasteiger partial charge in [-0.2, -0.15) is 4.31 Å². The molecule has 0 aliphatic carbocycles. The van der Waals surface area contributed by atoms with Gasteiger partial charge in [-0.1, -0.05) is 35.9 Å². The van der Waals surface area contributed by atoms with E-state index in [1.165, 1.54) is 10.4 Å². The van der Waals surface area contributed by atoms with Gasteiger partial charge in [-0.25, -0.2) is 8.42 Å². The van der Waals surface area contributed by atoms with Gasteiger partial charge in [0.1, 0.15) is 0 Å². The largest absolute Gasteiger partial charge is 0.346 e. The Balaban J connectivity index is 1.75. The van der Waals surface area contributed by atoms with Crippen molar-refractivity contribution in [2.45, 2.75) is 24.8 Å². The average molecular weight is 402 g/mol. The Morgan fingerprint density at radius 2 is 1.68 bits per heavy atom. The van der Waals surface area contributed by atoms with Crippen LogP contribution in [0.3, 0.4) is 0 Å². The minimum absolute atomic E-state index is 0.160. The third-order valence-corrected chi connectivity index (χ3v) is 7.02. The first kappa shape index (κ1) is 20.5.